The SMILES string of the molecule is CCOC(=O)/C(=C/c1cc(F)ccc1C)N=[N+]=[N-].CCOC(=O)c1cc2c(C)ccc(F)c2[nH]1.Cc1ccc(F)c2[nH]c(C(=O)O)cc12.Cc1ccc(F)cc1C=O. The van der Waals surface area contributed by atoms with Crippen molar-refractivity contribution >= 4 is 52.1 Å². The standard InChI is InChI=1S/C12H12FN3O2.C12H12FNO2.C10H8FNO2.C8H7FO/c1-3-18-12(17)11(15-16-14)7-9-6-10(13)5-4-8(9)2;1-3-16-12(15)10-6-8-7(2)4-5-9(13)11(8)14-10;1-5-2-3-7(11)9-6(5)4-8(12-9)10(13)14;1-6-2-3-8(9)4-7(6)5-10/h4-7H,3H2,1-2H3;4-6,14H,3H2,1-2H3;2-4,12H,1H3,(H,13,14);2-5H,1H3/b11-7-;;;. The summed E-state index contributed by atoms with van der Waals surface area (Å²) in [6.07, 6.45) is 1.95. The molecule has 6 aromatic rings. The number of nitrogens with one attached hydrogen (secondary N) is 2. The Bertz CT molecular complexity index is 2460. The number of aromatic nitrogens is 2. The van der Waals surface area contributed by atoms with Gasteiger partial charge in [-0.1, -0.05) is 29.4 Å². The number of aromatic carboxylic acids is 1. The van der Waals surface area contributed by atoms with E-state index >= 15 is 0 Å². The van der Waals surface area contributed by atoms with E-state index in [-0.39, 0.29) is 40.8 Å². The van der Waals surface area contributed by atoms with Gasteiger partial charge >= 0.3 is 17.9 Å². The fraction of sp³-hybridized carbons (Fsp3) is 0.190. The topological polar surface area (TPSA) is 187 Å². The first-order valence-corrected chi connectivity index (χ1v) is 17.4. The lowest BCUT2D eigenvalue weighted by Crippen LogP contribution is -2.05. The second-order valence-corrected chi connectivity index (χ2v) is 12.3. The molecule has 6 rings (SSSR count). The Morgan fingerprint density at radius 1 is 0.707 bits per heavy atom. The predicted octanol–water partition coefficient (Wildman–Crippen LogP) is 10.4. The molecule has 0 aliphatic rings. The van der Waals surface area contributed by atoms with Gasteiger partial charge < -0.3 is 24.5 Å². The van der Waals surface area contributed by atoms with Gasteiger partial charge in [0.15, 0.2) is 0 Å². The number of rotatable bonds is 8. The number of esters is 2. The van der Waals surface area contributed by atoms with E-state index in [4.69, 9.17) is 20.1 Å². The Morgan fingerprint density at radius 3 is 1.62 bits per heavy atom. The van der Waals surface area contributed by atoms with E-state index < -0.39 is 29.5 Å². The third-order valence-electron chi connectivity index (χ3n) is 8.19. The van der Waals surface area contributed by atoms with Crippen molar-refractivity contribution in [1.82, 2.24) is 9.97 Å². The van der Waals surface area contributed by atoms with Gasteiger partial charge in [0.1, 0.15) is 46.6 Å². The van der Waals surface area contributed by atoms with Crippen LogP contribution in [0.3, 0.4) is 0 Å². The molecule has 0 atom stereocenters. The predicted molar refractivity (Wildman–Crippen MR) is 210 cm³/mol. The number of H-pyrrole nitrogens is 2. The summed E-state index contributed by atoms with van der Waals surface area (Å²) in [4.78, 5) is 51.6. The number of carbonyl (C=O) groups is 4. The highest BCUT2D eigenvalue weighted by Gasteiger charge is 2.14. The van der Waals surface area contributed by atoms with E-state index in [1.54, 1.807) is 65.0 Å². The van der Waals surface area contributed by atoms with Crippen LogP contribution < -0.4 is 0 Å². The number of aromatic amines is 2. The Kier molecular flexibility index (Phi) is 16.5. The molecule has 2 aromatic heterocycles. The van der Waals surface area contributed by atoms with Crippen molar-refractivity contribution in [3.8, 4) is 0 Å². The van der Waals surface area contributed by atoms with E-state index in [9.17, 15) is 36.7 Å². The van der Waals surface area contributed by atoms with Crippen molar-refractivity contribution in [1.29, 1.82) is 0 Å². The van der Waals surface area contributed by atoms with Crippen LogP contribution in [0.4, 0.5) is 17.6 Å². The highest BCUT2D eigenvalue weighted by Crippen LogP contribution is 2.24. The third-order valence-corrected chi connectivity index (χ3v) is 8.19. The first kappa shape index (κ1) is 45.2. The van der Waals surface area contributed by atoms with Crippen LogP contribution in [-0.4, -0.2) is 52.5 Å². The number of aryl methyl sites for hydroxylation is 4. The quantitative estimate of drug-likeness (QED) is 0.0260. The zero-order valence-corrected chi connectivity index (χ0v) is 32.2. The molecule has 4 aromatic carbocycles. The second kappa shape index (κ2) is 21.2. The van der Waals surface area contributed by atoms with Crippen LogP contribution in [0, 0.1) is 51.0 Å². The van der Waals surface area contributed by atoms with Gasteiger partial charge in [0, 0.05) is 21.2 Å². The number of carboxylic acids is 1. The van der Waals surface area contributed by atoms with Gasteiger partial charge in [-0.25, -0.2) is 31.9 Å². The lowest BCUT2D eigenvalue weighted by molar-refractivity contribution is -0.138. The van der Waals surface area contributed by atoms with Crippen molar-refractivity contribution in [2.45, 2.75) is 41.5 Å². The first-order chi connectivity index (χ1) is 27.5. The number of carbonyl (C=O) groups excluding carboxylic acids is 3. The second-order valence-electron chi connectivity index (χ2n) is 12.3. The highest BCUT2D eigenvalue weighted by atomic mass is 19.1. The molecule has 0 unspecified atom stereocenters. The number of azide groups is 1. The number of hydrogen-bond donors (Lipinski definition) is 3. The number of nitrogens with zero attached hydrogens (tertiary/aromatic N) is 3. The fourth-order valence-corrected chi connectivity index (χ4v) is 5.12. The van der Waals surface area contributed by atoms with E-state index in [0.29, 0.717) is 40.3 Å². The first-order valence-electron chi connectivity index (χ1n) is 17.4. The van der Waals surface area contributed by atoms with Gasteiger partial charge in [-0.2, -0.15) is 0 Å². The van der Waals surface area contributed by atoms with Crippen LogP contribution in [-0.2, 0) is 14.3 Å². The Labute approximate surface area is 329 Å². The summed E-state index contributed by atoms with van der Waals surface area (Å²) in [5, 5.41) is 13.3. The zero-order valence-electron chi connectivity index (χ0n) is 32.2. The van der Waals surface area contributed by atoms with Crippen LogP contribution in [0.1, 0.15) is 73.0 Å². The third kappa shape index (κ3) is 12.2. The number of ether oxygens (including phenoxy) is 2. The molecule has 302 valence electrons. The number of benzene rings is 4. The van der Waals surface area contributed by atoms with E-state index in [0.717, 1.165) is 22.3 Å². The minimum absolute atomic E-state index is 0.00759. The van der Waals surface area contributed by atoms with Gasteiger partial charge in [-0.05, 0) is 129 Å². The maximum Gasteiger partial charge on any atom is 0.354 e. The van der Waals surface area contributed by atoms with Crippen LogP contribution in [0.5, 0.6) is 0 Å². The zero-order chi connectivity index (χ0) is 43.1. The summed E-state index contributed by atoms with van der Waals surface area (Å²) in [6, 6.07) is 17.3. The Hall–Kier alpha value is -7.19. The molecule has 0 fully saturated rings. The van der Waals surface area contributed by atoms with Gasteiger partial charge in [0.2, 0.25) is 0 Å². The summed E-state index contributed by atoms with van der Waals surface area (Å²) < 4.78 is 61.7. The lowest BCUT2D eigenvalue weighted by atomic mass is 10.1. The van der Waals surface area contributed by atoms with Crippen LogP contribution in [0.25, 0.3) is 38.3 Å². The number of hydrogen-bond acceptors (Lipinski definition) is 7. The number of carboxylic acid groups (broad SMARTS) is 1. The van der Waals surface area contributed by atoms with Crippen LogP contribution in [0.15, 0.2) is 83.6 Å². The van der Waals surface area contributed by atoms with E-state index in [2.05, 4.69) is 20.0 Å². The van der Waals surface area contributed by atoms with Crippen molar-refractivity contribution in [2.75, 3.05) is 13.2 Å². The molecular weight excluding hydrogens is 762 g/mol. The average molecular weight is 802 g/mol. The van der Waals surface area contributed by atoms with Crippen molar-refractivity contribution < 1.29 is 51.3 Å². The smallest absolute Gasteiger partial charge is 0.354 e. The summed E-state index contributed by atoms with van der Waals surface area (Å²) in [7, 11) is 0. The van der Waals surface area contributed by atoms with E-state index in [1.165, 1.54) is 48.5 Å². The molecule has 2 heterocycles. The molecule has 58 heavy (non-hydrogen) atoms. The average Bonchev–Trinajstić information content (AvgIpc) is 3.86. The maximum absolute atomic E-state index is 13.4. The number of aldehydes is 1. The molecular formula is C42H39F4N5O7. The molecule has 3 N–H and O–H groups in total. The van der Waals surface area contributed by atoms with Gasteiger partial charge in [0.05, 0.1) is 24.2 Å². The van der Waals surface area contributed by atoms with Gasteiger partial charge in [0.25, 0.3) is 0 Å². The molecule has 0 saturated heterocycles. The summed E-state index contributed by atoms with van der Waals surface area (Å²) in [6.45, 7) is 11.0. The largest absolute Gasteiger partial charge is 0.477 e. The molecule has 0 aliphatic heterocycles. The molecule has 0 aliphatic carbocycles. The van der Waals surface area contributed by atoms with Crippen molar-refractivity contribution in [3.05, 3.63) is 157 Å². The molecule has 16 heteroatoms. The normalized spacial score (nSPS) is 10.5. The molecule has 0 spiro atoms. The summed E-state index contributed by atoms with van der Waals surface area (Å²) in [5.74, 6) is -3.88. The van der Waals surface area contributed by atoms with Crippen LogP contribution in [0.2, 0.25) is 0 Å². The number of fused-ring (bicyclic) bond motifs is 2. The minimum Gasteiger partial charge on any atom is -0.477 e. The lowest BCUT2D eigenvalue weighted by Gasteiger charge is -2.04. The maximum atomic E-state index is 13.4. The molecule has 0 saturated carbocycles. The summed E-state index contributed by atoms with van der Waals surface area (Å²) >= 11 is 0. The summed E-state index contributed by atoms with van der Waals surface area (Å²) in [5.41, 5.74) is 13.3. The highest BCUT2D eigenvalue weighted by molar-refractivity contribution is 5.97. The number of halogens is 4. The van der Waals surface area contributed by atoms with Gasteiger partial charge in [-0.3, -0.25) is 4.79 Å². The molecule has 12 nitrogen and oxygen atoms in total. The van der Waals surface area contributed by atoms with Gasteiger partial charge in [-0.15, -0.1) is 0 Å². The Balaban J connectivity index is 0.000000211. The monoisotopic (exact) mass is 801 g/mol. The van der Waals surface area contributed by atoms with E-state index in [1.807, 2.05) is 6.92 Å². The van der Waals surface area contributed by atoms with Crippen molar-refractivity contribution in [3.63, 3.8) is 0 Å². The molecule has 0 bridgehead atoms. The Morgan fingerprint density at radius 2 is 1.17 bits per heavy atom. The van der Waals surface area contributed by atoms with Crippen molar-refractivity contribution in [2.24, 2.45) is 5.11 Å². The van der Waals surface area contributed by atoms with Crippen LogP contribution >= 0.6 is 0 Å². The molecule has 0 amide bonds. The minimum atomic E-state index is -1.08. The fourth-order valence-electron chi connectivity index (χ4n) is 5.12. The molecule has 0 radical (unpaired) electrons.